The number of thioether (sulfide) groups is 1. The Morgan fingerprint density at radius 1 is 1.00 bits per heavy atom. The van der Waals surface area contributed by atoms with Crippen LogP contribution in [0.1, 0.15) is 28.2 Å². The zero-order valence-electron chi connectivity index (χ0n) is 20.0. The lowest BCUT2D eigenvalue weighted by molar-refractivity contribution is -0.116. The predicted octanol–water partition coefficient (Wildman–Crippen LogP) is 6.45. The molecule has 3 aromatic carbocycles. The molecule has 2 amide bonds. The Bertz CT molecular complexity index is 1500. The Hall–Kier alpha value is -2.66. The molecule has 1 aliphatic rings. The number of fused-ring (bicyclic) bond motifs is 1. The van der Waals surface area contributed by atoms with Crippen LogP contribution in [0.2, 0.25) is 5.02 Å². The highest BCUT2D eigenvalue weighted by Gasteiger charge is 2.24. The summed E-state index contributed by atoms with van der Waals surface area (Å²) in [5.74, 6) is 0.440. The fraction of sp³-hybridized carbons (Fsp3) is 0.185. The van der Waals surface area contributed by atoms with E-state index in [-0.39, 0.29) is 24.1 Å². The number of amides is 2. The van der Waals surface area contributed by atoms with Gasteiger partial charge in [-0.3, -0.25) is 14.2 Å². The highest BCUT2D eigenvalue weighted by Crippen LogP contribution is 2.29. The van der Waals surface area contributed by atoms with E-state index in [0.29, 0.717) is 28.1 Å². The first-order valence-corrected chi connectivity index (χ1v) is 14.8. The number of hydrogen-bond acceptors (Lipinski definition) is 5. The first kappa shape index (κ1) is 26.9. The zero-order chi connectivity index (χ0) is 26.6. The lowest BCUT2D eigenvalue weighted by Gasteiger charge is -2.29. The molecular formula is C27H22Br2ClN5O2S. The van der Waals surface area contributed by atoms with Crippen molar-refractivity contribution in [2.75, 3.05) is 17.2 Å². The largest absolute Gasteiger partial charge is 0.345 e. The number of anilines is 1. The molecule has 11 heteroatoms. The number of nitrogens with one attached hydrogen (secondary N) is 1. The molecule has 0 bridgehead atoms. The van der Waals surface area contributed by atoms with Crippen molar-refractivity contribution in [2.24, 2.45) is 0 Å². The third kappa shape index (κ3) is 5.98. The molecule has 0 spiro atoms. The van der Waals surface area contributed by atoms with E-state index in [9.17, 15) is 9.59 Å². The maximum atomic E-state index is 13.2. The number of carbonyl (C=O) groups is 2. The topological polar surface area (TPSA) is 80.1 Å². The molecule has 0 atom stereocenters. The molecule has 0 radical (unpaired) electrons. The highest BCUT2D eigenvalue weighted by molar-refractivity contribution is 9.10. The van der Waals surface area contributed by atoms with Gasteiger partial charge in [0.05, 0.1) is 22.9 Å². The first-order valence-electron chi connectivity index (χ1n) is 11.9. The van der Waals surface area contributed by atoms with E-state index < -0.39 is 0 Å². The second-order valence-electron chi connectivity index (χ2n) is 8.58. The lowest BCUT2D eigenvalue weighted by Crippen LogP contribution is -2.36. The van der Waals surface area contributed by atoms with Crippen molar-refractivity contribution < 1.29 is 9.59 Å². The van der Waals surface area contributed by atoms with Crippen LogP contribution in [0.4, 0.5) is 5.69 Å². The molecule has 0 unspecified atom stereocenters. The van der Waals surface area contributed by atoms with Crippen molar-refractivity contribution >= 4 is 72.7 Å². The second kappa shape index (κ2) is 12.0. The van der Waals surface area contributed by atoms with Crippen molar-refractivity contribution in [3.63, 3.8) is 0 Å². The number of aryl methyl sites for hydroxylation is 1. The minimum Gasteiger partial charge on any atom is -0.345 e. The maximum Gasteiger partial charge on any atom is 0.253 e. The average Bonchev–Trinajstić information content (AvgIpc) is 3.34. The lowest BCUT2D eigenvalue weighted by atomic mass is 10.0. The third-order valence-corrected chi connectivity index (χ3v) is 8.37. The number of rotatable bonds is 7. The van der Waals surface area contributed by atoms with Gasteiger partial charge in [0, 0.05) is 26.9 Å². The summed E-state index contributed by atoms with van der Waals surface area (Å²) in [4.78, 5) is 27.9. The van der Waals surface area contributed by atoms with Gasteiger partial charge in [-0.1, -0.05) is 73.4 Å². The van der Waals surface area contributed by atoms with Crippen molar-refractivity contribution in [3.8, 4) is 5.69 Å². The maximum absolute atomic E-state index is 13.2. The SMILES string of the molecule is O=C(NCc1nnc(SCC(=O)N2CCCc3ccccc32)n1-c1ccc(Br)cc1)c1cc(Br)ccc1Cl. The summed E-state index contributed by atoms with van der Waals surface area (Å²) in [5.41, 5.74) is 3.35. The molecule has 194 valence electrons. The van der Waals surface area contributed by atoms with Crippen LogP contribution in [0, 0.1) is 0 Å². The van der Waals surface area contributed by atoms with Crippen LogP contribution in [0.5, 0.6) is 0 Å². The van der Waals surface area contributed by atoms with Crippen LogP contribution in [0.25, 0.3) is 5.69 Å². The van der Waals surface area contributed by atoms with Gasteiger partial charge in [0.15, 0.2) is 11.0 Å². The van der Waals surface area contributed by atoms with Crippen LogP contribution < -0.4 is 10.2 Å². The molecule has 1 aliphatic heterocycles. The van der Waals surface area contributed by atoms with Gasteiger partial charge in [-0.15, -0.1) is 10.2 Å². The molecule has 7 nitrogen and oxygen atoms in total. The van der Waals surface area contributed by atoms with E-state index in [4.69, 9.17) is 11.6 Å². The summed E-state index contributed by atoms with van der Waals surface area (Å²) in [5, 5.41) is 12.5. The Balaban J connectivity index is 1.36. The van der Waals surface area contributed by atoms with E-state index >= 15 is 0 Å². The molecule has 1 N–H and O–H groups in total. The fourth-order valence-electron chi connectivity index (χ4n) is 4.28. The molecule has 0 saturated carbocycles. The van der Waals surface area contributed by atoms with Crippen molar-refractivity contribution in [2.45, 2.75) is 24.5 Å². The summed E-state index contributed by atoms with van der Waals surface area (Å²) in [6, 6.07) is 20.8. The number of hydrogen-bond donors (Lipinski definition) is 1. The monoisotopic (exact) mass is 673 g/mol. The molecule has 5 rings (SSSR count). The minimum absolute atomic E-state index is 0.0201. The standard InChI is InChI=1S/C27H22Br2ClN5O2S/c28-18-7-10-20(11-8-18)35-24(15-31-26(37)21-14-19(29)9-12-22(21)30)32-33-27(35)38-16-25(36)34-13-3-5-17-4-1-2-6-23(17)34/h1-2,4,6-12,14H,3,5,13,15-16H2,(H,31,37). The van der Waals surface area contributed by atoms with E-state index in [1.807, 2.05) is 51.9 Å². The van der Waals surface area contributed by atoms with E-state index in [2.05, 4.69) is 53.4 Å². The fourth-order valence-corrected chi connectivity index (χ4v) is 5.96. The molecular weight excluding hydrogens is 654 g/mol. The van der Waals surface area contributed by atoms with Crippen LogP contribution in [-0.4, -0.2) is 38.9 Å². The summed E-state index contributed by atoms with van der Waals surface area (Å²) >= 11 is 14.4. The highest BCUT2D eigenvalue weighted by atomic mass is 79.9. The quantitative estimate of drug-likeness (QED) is 0.228. The summed E-state index contributed by atoms with van der Waals surface area (Å²) in [6.45, 7) is 0.823. The molecule has 1 aromatic heterocycles. The van der Waals surface area contributed by atoms with Gasteiger partial charge >= 0.3 is 0 Å². The van der Waals surface area contributed by atoms with Crippen LogP contribution in [0.15, 0.2) is 80.8 Å². The van der Waals surface area contributed by atoms with Gasteiger partial charge in [-0.2, -0.15) is 0 Å². The normalized spacial score (nSPS) is 12.8. The number of nitrogens with zero attached hydrogens (tertiary/aromatic N) is 4. The predicted molar refractivity (Wildman–Crippen MR) is 157 cm³/mol. The Morgan fingerprint density at radius 3 is 2.58 bits per heavy atom. The number of aromatic nitrogens is 3. The van der Waals surface area contributed by atoms with Gasteiger partial charge in [0.1, 0.15) is 0 Å². The summed E-state index contributed by atoms with van der Waals surface area (Å²) < 4.78 is 3.54. The van der Waals surface area contributed by atoms with Gasteiger partial charge in [-0.25, -0.2) is 0 Å². The molecule has 2 heterocycles. The van der Waals surface area contributed by atoms with Crippen molar-refractivity contribution in [1.82, 2.24) is 20.1 Å². The van der Waals surface area contributed by atoms with Crippen LogP contribution in [0.3, 0.4) is 0 Å². The molecule has 38 heavy (non-hydrogen) atoms. The van der Waals surface area contributed by atoms with Gasteiger partial charge in [0.25, 0.3) is 5.91 Å². The summed E-state index contributed by atoms with van der Waals surface area (Å²) in [6.07, 6.45) is 1.92. The van der Waals surface area contributed by atoms with Crippen molar-refractivity contribution in [3.05, 3.63) is 97.6 Å². The minimum atomic E-state index is -0.324. The molecule has 0 fully saturated rings. The molecule has 4 aromatic rings. The van der Waals surface area contributed by atoms with Crippen molar-refractivity contribution in [1.29, 1.82) is 0 Å². The zero-order valence-corrected chi connectivity index (χ0v) is 24.8. The average molecular weight is 676 g/mol. The number of para-hydroxylation sites is 1. The van der Waals surface area contributed by atoms with Gasteiger partial charge in [0.2, 0.25) is 5.91 Å². The Kier molecular flexibility index (Phi) is 8.52. The Labute approximate surface area is 246 Å². The van der Waals surface area contributed by atoms with E-state index in [0.717, 1.165) is 33.2 Å². The number of benzene rings is 3. The second-order valence-corrected chi connectivity index (χ2v) is 11.8. The molecule has 0 aliphatic carbocycles. The molecule has 0 saturated heterocycles. The van der Waals surface area contributed by atoms with E-state index in [1.165, 1.54) is 17.3 Å². The third-order valence-electron chi connectivity index (χ3n) is 6.10. The summed E-state index contributed by atoms with van der Waals surface area (Å²) in [7, 11) is 0. The van der Waals surface area contributed by atoms with Crippen LogP contribution in [-0.2, 0) is 17.8 Å². The number of halogens is 3. The van der Waals surface area contributed by atoms with Crippen LogP contribution >= 0.6 is 55.2 Å². The van der Waals surface area contributed by atoms with E-state index in [1.54, 1.807) is 18.2 Å². The number of carbonyl (C=O) groups excluding carboxylic acids is 2. The van der Waals surface area contributed by atoms with Gasteiger partial charge < -0.3 is 10.2 Å². The smallest absolute Gasteiger partial charge is 0.253 e. The Morgan fingerprint density at radius 2 is 1.76 bits per heavy atom. The van der Waals surface area contributed by atoms with Gasteiger partial charge in [-0.05, 0) is 66.9 Å². The first-order chi connectivity index (χ1) is 18.4.